The Labute approximate surface area is 204 Å². The molecule has 0 bridgehead atoms. The summed E-state index contributed by atoms with van der Waals surface area (Å²) in [7, 11) is 0. The Balaban J connectivity index is 1.53. The number of urea groups is 1. The second-order valence-corrected chi connectivity index (χ2v) is 10.2. The Kier molecular flexibility index (Phi) is 6.46. The average Bonchev–Trinajstić information content (AvgIpc) is 3.51. The van der Waals surface area contributed by atoms with E-state index in [2.05, 4.69) is 45.7 Å². The van der Waals surface area contributed by atoms with Gasteiger partial charge in [0, 0.05) is 11.1 Å². The predicted molar refractivity (Wildman–Crippen MR) is 133 cm³/mol. The molecule has 1 aliphatic heterocycles. The summed E-state index contributed by atoms with van der Waals surface area (Å²) in [4.78, 5) is 29.6. The first-order valence-corrected chi connectivity index (χ1v) is 13.0. The molecule has 2 aliphatic rings. The molecule has 3 heterocycles. The molecule has 6 nitrogen and oxygen atoms in total. The molecule has 1 saturated carbocycles. The zero-order chi connectivity index (χ0) is 23.5. The van der Waals surface area contributed by atoms with E-state index in [4.69, 9.17) is 4.74 Å². The van der Waals surface area contributed by atoms with Crippen LogP contribution in [0.15, 0.2) is 60.1 Å². The monoisotopic (exact) mass is 477 g/mol. The Hall–Kier alpha value is -3.06. The van der Waals surface area contributed by atoms with Crippen LogP contribution < -0.4 is 5.32 Å². The minimum atomic E-state index is -0.560. The van der Waals surface area contributed by atoms with Crippen molar-refractivity contribution in [2.24, 2.45) is 0 Å². The molecule has 1 atom stereocenters. The molecule has 0 spiro atoms. The number of nitrogens with one attached hydrogen (secondary N) is 1. The van der Waals surface area contributed by atoms with E-state index in [0.29, 0.717) is 13.2 Å². The molecule has 0 saturated heterocycles. The standard InChI is InChI=1S/C27H31N3O3S/c1-2-33-24(31)18-27(14-6-3-7-15-27)28-26(32)30-19-20-10-4-5-11-21(20)29-16-8-12-22(29)25(30)23-13-9-17-34-23/h4-5,8-13,16-17,25H,2-3,6-7,14-15,18-19H2,1H3,(H,28,32). The lowest BCUT2D eigenvalue weighted by Crippen LogP contribution is -2.55. The van der Waals surface area contributed by atoms with E-state index in [1.54, 1.807) is 11.3 Å². The largest absolute Gasteiger partial charge is 0.466 e. The minimum Gasteiger partial charge on any atom is -0.466 e. The topological polar surface area (TPSA) is 63.6 Å². The third kappa shape index (κ3) is 4.37. The third-order valence-corrected chi connectivity index (χ3v) is 7.93. The zero-order valence-corrected chi connectivity index (χ0v) is 20.4. The van der Waals surface area contributed by atoms with Crippen molar-refractivity contribution >= 4 is 23.3 Å². The van der Waals surface area contributed by atoms with Crippen molar-refractivity contribution in [1.29, 1.82) is 0 Å². The summed E-state index contributed by atoms with van der Waals surface area (Å²) in [5.74, 6) is -0.241. The number of thiophene rings is 1. The maximum Gasteiger partial charge on any atom is 0.319 e. The molecule has 0 radical (unpaired) electrons. The lowest BCUT2D eigenvalue weighted by atomic mass is 9.79. The Morgan fingerprint density at radius 3 is 2.68 bits per heavy atom. The number of rotatable bonds is 5. The highest BCUT2D eigenvalue weighted by Crippen LogP contribution is 2.39. The van der Waals surface area contributed by atoms with Crippen LogP contribution in [0.2, 0.25) is 0 Å². The highest BCUT2D eigenvalue weighted by molar-refractivity contribution is 7.10. The molecule has 34 heavy (non-hydrogen) atoms. The number of aromatic nitrogens is 1. The quantitative estimate of drug-likeness (QED) is 0.472. The van der Waals surface area contributed by atoms with Crippen molar-refractivity contribution < 1.29 is 14.3 Å². The van der Waals surface area contributed by atoms with Gasteiger partial charge in [0.2, 0.25) is 0 Å². The Morgan fingerprint density at radius 1 is 1.09 bits per heavy atom. The maximum absolute atomic E-state index is 14.1. The lowest BCUT2D eigenvalue weighted by molar-refractivity contribution is -0.145. The normalized spacial score (nSPS) is 19.0. The molecule has 7 heteroatoms. The van der Waals surface area contributed by atoms with E-state index >= 15 is 0 Å². The molecule has 1 aliphatic carbocycles. The number of hydrogen-bond acceptors (Lipinski definition) is 4. The van der Waals surface area contributed by atoms with Crippen LogP contribution in [0.25, 0.3) is 5.69 Å². The number of carbonyl (C=O) groups is 2. The van der Waals surface area contributed by atoms with Crippen LogP contribution in [0.3, 0.4) is 0 Å². The minimum absolute atomic E-state index is 0.131. The molecule has 2 amide bonds. The van der Waals surface area contributed by atoms with E-state index in [1.165, 1.54) is 0 Å². The fourth-order valence-corrected chi connectivity index (χ4v) is 6.30. The summed E-state index contributed by atoms with van der Waals surface area (Å²) in [5, 5.41) is 5.40. The number of nitrogens with zero attached hydrogens (tertiary/aromatic N) is 2. The lowest BCUT2D eigenvalue weighted by Gasteiger charge is -2.40. The van der Waals surface area contributed by atoms with Crippen molar-refractivity contribution in [2.75, 3.05) is 6.61 Å². The molecule has 1 aromatic carbocycles. The number of fused-ring (bicyclic) bond motifs is 3. The summed E-state index contributed by atoms with van der Waals surface area (Å²) < 4.78 is 7.47. The first-order valence-electron chi connectivity index (χ1n) is 12.1. The van der Waals surface area contributed by atoms with E-state index in [1.807, 2.05) is 36.1 Å². The van der Waals surface area contributed by atoms with Gasteiger partial charge in [-0.1, -0.05) is 43.5 Å². The third-order valence-electron chi connectivity index (χ3n) is 7.01. The SMILES string of the molecule is CCOC(=O)CC1(NC(=O)N2Cc3ccccc3-n3cccc3C2c2cccs2)CCCCC1. The van der Waals surface area contributed by atoms with Gasteiger partial charge in [-0.25, -0.2) is 4.79 Å². The summed E-state index contributed by atoms with van der Waals surface area (Å²) >= 11 is 1.66. The van der Waals surface area contributed by atoms with Crippen molar-refractivity contribution in [3.8, 4) is 5.69 Å². The van der Waals surface area contributed by atoms with E-state index in [9.17, 15) is 9.59 Å². The molecular weight excluding hydrogens is 446 g/mol. The van der Waals surface area contributed by atoms with Gasteiger partial charge in [-0.15, -0.1) is 11.3 Å². The van der Waals surface area contributed by atoms with Gasteiger partial charge < -0.3 is 19.5 Å². The van der Waals surface area contributed by atoms with Gasteiger partial charge in [-0.05, 0) is 55.0 Å². The van der Waals surface area contributed by atoms with Crippen LogP contribution in [0.4, 0.5) is 4.79 Å². The van der Waals surface area contributed by atoms with Crippen LogP contribution in [0, 0.1) is 0 Å². The molecule has 3 aromatic rings. The molecule has 5 rings (SSSR count). The van der Waals surface area contributed by atoms with Crippen LogP contribution in [-0.4, -0.2) is 33.6 Å². The fraction of sp³-hybridized carbons (Fsp3) is 0.407. The van der Waals surface area contributed by atoms with Crippen LogP contribution in [0.5, 0.6) is 0 Å². The number of carbonyl (C=O) groups excluding carboxylic acids is 2. The van der Waals surface area contributed by atoms with Gasteiger partial charge in [-0.2, -0.15) is 0 Å². The molecule has 1 fully saturated rings. The van der Waals surface area contributed by atoms with Gasteiger partial charge in [0.25, 0.3) is 0 Å². The van der Waals surface area contributed by atoms with E-state index in [0.717, 1.165) is 53.9 Å². The number of ether oxygens (including phenoxy) is 1. The second-order valence-electron chi connectivity index (χ2n) is 9.23. The number of esters is 1. The second kappa shape index (κ2) is 9.66. The molecule has 178 valence electrons. The summed E-state index contributed by atoms with van der Waals surface area (Å²) in [6.07, 6.45) is 7.00. The Morgan fingerprint density at radius 2 is 1.91 bits per heavy atom. The van der Waals surface area contributed by atoms with Crippen molar-refractivity contribution in [3.63, 3.8) is 0 Å². The number of para-hydroxylation sites is 1. The number of benzene rings is 1. The summed E-state index contributed by atoms with van der Waals surface area (Å²) in [6.45, 7) is 2.66. The van der Waals surface area contributed by atoms with Gasteiger partial charge in [0.1, 0.15) is 6.04 Å². The number of hydrogen-bond donors (Lipinski definition) is 1. The first kappa shape index (κ1) is 22.7. The highest BCUT2D eigenvalue weighted by Gasteiger charge is 2.40. The molecule has 1 unspecified atom stereocenters. The van der Waals surface area contributed by atoms with Crippen molar-refractivity contribution in [1.82, 2.24) is 14.8 Å². The van der Waals surface area contributed by atoms with E-state index in [-0.39, 0.29) is 24.5 Å². The average molecular weight is 478 g/mol. The van der Waals surface area contributed by atoms with Crippen molar-refractivity contribution in [2.45, 2.75) is 63.6 Å². The zero-order valence-electron chi connectivity index (χ0n) is 19.5. The molecule has 2 aromatic heterocycles. The fourth-order valence-electron chi connectivity index (χ4n) is 5.45. The first-order chi connectivity index (χ1) is 16.6. The van der Waals surface area contributed by atoms with Gasteiger partial charge >= 0.3 is 12.0 Å². The highest BCUT2D eigenvalue weighted by atomic mass is 32.1. The molecule has 1 N–H and O–H groups in total. The van der Waals surface area contributed by atoms with Gasteiger partial charge in [0.05, 0.1) is 36.5 Å². The predicted octanol–water partition coefficient (Wildman–Crippen LogP) is 5.81. The van der Waals surface area contributed by atoms with E-state index < -0.39 is 5.54 Å². The van der Waals surface area contributed by atoms with Gasteiger partial charge in [-0.3, -0.25) is 4.79 Å². The smallest absolute Gasteiger partial charge is 0.319 e. The maximum atomic E-state index is 14.1. The van der Waals surface area contributed by atoms with Gasteiger partial charge in [0.15, 0.2) is 0 Å². The summed E-state index contributed by atoms with van der Waals surface area (Å²) in [6, 6.07) is 16.2. The Bertz CT molecular complexity index is 1150. The molecular formula is C27H31N3O3S. The number of amides is 2. The van der Waals surface area contributed by atoms with Crippen LogP contribution in [0.1, 0.15) is 67.6 Å². The van der Waals surface area contributed by atoms with Crippen molar-refractivity contribution in [3.05, 3.63) is 76.2 Å². The van der Waals surface area contributed by atoms with Crippen LogP contribution in [-0.2, 0) is 16.1 Å². The van der Waals surface area contributed by atoms with Crippen LogP contribution >= 0.6 is 11.3 Å². The summed E-state index contributed by atoms with van der Waals surface area (Å²) in [5.41, 5.74) is 2.69.